The van der Waals surface area contributed by atoms with Gasteiger partial charge in [0.2, 0.25) is 0 Å². The Morgan fingerprint density at radius 3 is 2.75 bits per heavy atom. The van der Waals surface area contributed by atoms with E-state index < -0.39 is 6.10 Å². The van der Waals surface area contributed by atoms with Gasteiger partial charge in [-0.05, 0) is 38.0 Å². The smallest absolute Gasteiger partial charge is 0.263 e. The second kappa shape index (κ2) is 6.66. The highest BCUT2D eigenvalue weighted by molar-refractivity contribution is 6.35. The number of halogens is 2. The van der Waals surface area contributed by atoms with Gasteiger partial charge in [0.15, 0.2) is 6.10 Å². The Morgan fingerprint density at radius 1 is 1.50 bits per heavy atom. The van der Waals surface area contributed by atoms with E-state index in [1.54, 1.807) is 30.0 Å². The Bertz CT molecular complexity index is 491. The van der Waals surface area contributed by atoms with Crippen molar-refractivity contribution in [2.24, 2.45) is 0 Å². The molecule has 0 spiro atoms. The normalized spacial score (nSPS) is 15.8. The lowest BCUT2D eigenvalue weighted by Crippen LogP contribution is -2.43. The molecule has 1 N–H and O–H groups in total. The lowest BCUT2D eigenvalue weighted by atomic mass is 10.3. The van der Waals surface area contributed by atoms with Crippen LogP contribution in [0.2, 0.25) is 10.0 Å². The van der Waals surface area contributed by atoms with Crippen LogP contribution in [-0.4, -0.2) is 41.2 Å². The van der Waals surface area contributed by atoms with Gasteiger partial charge >= 0.3 is 0 Å². The van der Waals surface area contributed by atoms with Crippen LogP contribution in [0.3, 0.4) is 0 Å². The van der Waals surface area contributed by atoms with Gasteiger partial charge in [0, 0.05) is 17.6 Å². The minimum absolute atomic E-state index is 0.0450. The average molecular weight is 318 g/mol. The van der Waals surface area contributed by atoms with Gasteiger partial charge in [0.1, 0.15) is 5.75 Å². The van der Waals surface area contributed by atoms with Gasteiger partial charge in [-0.2, -0.15) is 0 Å². The van der Waals surface area contributed by atoms with E-state index in [-0.39, 0.29) is 18.6 Å². The van der Waals surface area contributed by atoms with Gasteiger partial charge in [-0.1, -0.05) is 23.2 Å². The van der Waals surface area contributed by atoms with Gasteiger partial charge in [-0.3, -0.25) is 4.79 Å². The van der Waals surface area contributed by atoms with Crippen LogP contribution in [0.15, 0.2) is 18.2 Å². The molecule has 1 unspecified atom stereocenters. The second-order valence-electron chi connectivity index (χ2n) is 4.82. The summed E-state index contributed by atoms with van der Waals surface area (Å²) in [5, 5.41) is 9.93. The number of hydrogen-bond acceptors (Lipinski definition) is 3. The summed E-state index contributed by atoms with van der Waals surface area (Å²) in [6.07, 6.45) is 1.32. The Balaban J connectivity index is 2.02. The fraction of sp³-hybridized carbons (Fsp3) is 0.500. The van der Waals surface area contributed by atoms with Crippen molar-refractivity contribution in [3.8, 4) is 5.75 Å². The average Bonchev–Trinajstić information content (AvgIpc) is 3.22. The highest BCUT2D eigenvalue weighted by Gasteiger charge is 2.34. The van der Waals surface area contributed by atoms with Crippen LogP contribution >= 0.6 is 23.2 Å². The molecule has 1 atom stereocenters. The van der Waals surface area contributed by atoms with E-state index in [2.05, 4.69) is 0 Å². The SMILES string of the molecule is CC(Oc1ccc(Cl)cc1Cl)C(=O)N(CCO)C1CC1. The number of benzene rings is 1. The molecule has 0 aromatic heterocycles. The first-order valence-electron chi connectivity index (χ1n) is 6.56. The summed E-state index contributed by atoms with van der Waals surface area (Å²) >= 11 is 11.8. The first-order chi connectivity index (χ1) is 9.52. The van der Waals surface area contributed by atoms with E-state index in [0.29, 0.717) is 22.3 Å². The second-order valence-corrected chi connectivity index (χ2v) is 5.66. The number of carbonyl (C=O) groups is 1. The Kier molecular flexibility index (Phi) is 5.13. The standard InChI is InChI=1S/C14H17Cl2NO3/c1-9(14(19)17(6-7-18)11-3-4-11)20-13-5-2-10(15)8-12(13)16/h2,5,8-9,11,18H,3-4,6-7H2,1H3. The lowest BCUT2D eigenvalue weighted by Gasteiger charge is -2.25. The Labute approximate surface area is 128 Å². The van der Waals surface area contributed by atoms with E-state index in [1.807, 2.05) is 0 Å². The molecule has 4 nitrogen and oxygen atoms in total. The molecule has 1 aliphatic rings. The highest BCUT2D eigenvalue weighted by Crippen LogP contribution is 2.30. The fourth-order valence-electron chi connectivity index (χ4n) is 2.01. The van der Waals surface area contributed by atoms with Crippen LogP contribution in [0, 0.1) is 0 Å². The third-order valence-electron chi connectivity index (χ3n) is 3.16. The number of ether oxygens (including phenoxy) is 1. The summed E-state index contributed by atoms with van der Waals surface area (Å²) in [6, 6.07) is 5.11. The molecule has 20 heavy (non-hydrogen) atoms. The molecule has 110 valence electrons. The maximum atomic E-state index is 12.3. The quantitative estimate of drug-likeness (QED) is 0.877. The van der Waals surface area contributed by atoms with Crippen LogP contribution in [0.25, 0.3) is 0 Å². The number of amides is 1. The van der Waals surface area contributed by atoms with E-state index in [0.717, 1.165) is 12.8 Å². The first-order valence-corrected chi connectivity index (χ1v) is 7.31. The molecule has 1 aromatic carbocycles. The minimum Gasteiger partial charge on any atom is -0.479 e. The van der Waals surface area contributed by atoms with Gasteiger partial charge in [0.05, 0.1) is 11.6 Å². The molecule has 6 heteroatoms. The molecular formula is C14H17Cl2NO3. The molecule has 0 heterocycles. The number of carbonyl (C=O) groups excluding carboxylic acids is 1. The number of aliphatic hydroxyl groups excluding tert-OH is 1. The Morgan fingerprint density at radius 2 is 2.20 bits per heavy atom. The van der Waals surface area contributed by atoms with Crippen molar-refractivity contribution in [2.75, 3.05) is 13.2 Å². The molecule has 1 aliphatic carbocycles. The van der Waals surface area contributed by atoms with Crippen molar-refractivity contribution in [1.82, 2.24) is 4.90 Å². The van der Waals surface area contributed by atoms with Gasteiger partial charge < -0.3 is 14.7 Å². The van der Waals surface area contributed by atoms with E-state index >= 15 is 0 Å². The fourth-order valence-corrected chi connectivity index (χ4v) is 2.46. The van der Waals surface area contributed by atoms with Crippen LogP contribution in [0.5, 0.6) is 5.75 Å². The Hall–Kier alpha value is -0.970. The maximum absolute atomic E-state index is 12.3. The molecule has 0 saturated heterocycles. The molecule has 0 aliphatic heterocycles. The van der Waals surface area contributed by atoms with E-state index in [4.69, 9.17) is 33.0 Å². The number of aliphatic hydroxyl groups is 1. The largest absolute Gasteiger partial charge is 0.479 e. The molecular weight excluding hydrogens is 301 g/mol. The zero-order valence-electron chi connectivity index (χ0n) is 11.2. The van der Waals surface area contributed by atoms with Crippen molar-refractivity contribution in [2.45, 2.75) is 31.9 Å². The third-order valence-corrected chi connectivity index (χ3v) is 3.69. The van der Waals surface area contributed by atoms with Crippen LogP contribution in [0.4, 0.5) is 0 Å². The molecule has 2 rings (SSSR count). The first kappa shape index (κ1) is 15.4. The third kappa shape index (κ3) is 3.78. The molecule has 1 amide bonds. The van der Waals surface area contributed by atoms with E-state index in [9.17, 15) is 4.79 Å². The van der Waals surface area contributed by atoms with Crippen molar-refractivity contribution in [1.29, 1.82) is 0 Å². The predicted octanol–water partition coefficient (Wildman–Crippen LogP) is 2.74. The summed E-state index contributed by atoms with van der Waals surface area (Å²) in [5.41, 5.74) is 0. The summed E-state index contributed by atoms with van der Waals surface area (Å²) in [6.45, 7) is 1.97. The van der Waals surface area contributed by atoms with Crippen LogP contribution in [-0.2, 0) is 4.79 Å². The topological polar surface area (TPSA) is 49.8 Å². The highest BCUT2D eigenvalue weighted by atomic mass is 35.5. The van der Waals surface area contributed by atoms with Gasteiger partial charge in [-0.15, -0.1) is 0 Å². The van der Waals surface area contributed by atoms with Gasteiger partial charge in [-0.25, -0.2) is 0 Å². The minimum atomic E-state index is -0.652. The molecule has 0 bridgehead atoms. The van der Waals surface area contributed by atoms with Crippen LogP contribution < -0.4 is 4.74 Å². The lowest BCUT2D eigenvalue weighted by molar-refractivity contribution is -0.139. The molecule has 1 fully saturated rings. The molecule has 0 radical (unpaired) electrons. The zero-order valence-corrected chi connectivity index (χ0v) is 12.7. The van der Waals surface area contributed by atoms with Gasteiger partial charge in [0.25, 0.3) is 5.91 Å². The van der Waals surface area contributed by atoms with Crippen molar-refractivity contribution in [3.05, 3.63) is 28.2 Å². The van der Waals surface area contributed by atoms with E-state index in [1.165, 1.54) is 0 Å². The summed E-state index contributed by atoms with van der Waals surface area (Å²) < 4.78 is 5.60. The predicted molar refractivity (Wildman–Crippen MR) is 78.4 cm³/mol. The summed E-state index contributed by atoms with van der Waals surface area (Å²) in [4.78, 5) is 14.0. The monoisotopic (exact) mass is 317 g/mol. The molecule has 1 aromatic rings. The van der Waals surface area contributed by atoms with Crippen LogP contribution in [0.1, 0.15) is 19.8 Å². The molecule has 1 saturated carbocycles. The maximum Gasteiger partial charge on any atom is 0.263 e. The summed E-state index contributed by atoms with van der Waals surface area (Å²) in [7, 11) is 0. The van der Waals surface area contributed by atoms with Crippen molar-refractivity contribution < 1.29 is 14.6 Å². The number of nitrogens with zero attached hydrogens (tertiary/aromatic N) is 1. The van der Waals surface area contributed by atoms with Crippen molar-refractivity contribution >= 4 is 29.1 Å². The van der Waals surface area contributed by atoms with Crippen molar-refractivity contribution in [3.63, 3.8) is 0 Å². The summed E-state index contributed by atoms with van der Waals surface area (Å²) in [5.74, 6) is 0.296. The number of rotatable bonds is 6. The zero-order chi connectivity index (χ0) is 14.7. The number of hydrogen-bond donors (Lipinski definition) is 1.